The first kappa shape index (κ1) is 11.1. The van der Waals surface area contributed by atoms with Crippen molar-refractivity contribution in [2.24, 2.45) is 0 Å². The fraction of sp³-hybridized carbons (Fsp3) is 0.0769. The molecule has 0 aliphatic carbocycles. The molecule has 2 N–H and O–H groups in total. The van der Waals surface area contributed by atoms with E-state index < -0.39 is 0 Å². The van der Waals surface area contributed by atoms with Crippen molar-refractivity contribution in [1.29, 1.82) is 0 Å². The van der Waals surface area contributed by atoms with E-state index in [-0.39, 0.29) is 5.91 Å². The van der Waals surface area contributed by atoms with Gasteiger partial charge in [0.1, 0.15) is 11.3 Å². The fourth-order valence-electron chi connectivity index (χ4n) is 1.41. The molecule has 4 nitrogen and oxygen atoms in total. The molecule has 0 saturated carbocycles. The van der Waals surface area contributed by atoms with Crippen LogP contribution in [0.5, 0.6) is 5.75 Å². The van der Waals surface area contributed by atoms with Crippen LogP contribution in [0.3, 0.4) is 0 Å². The highest BCUT2D eigenvalue weighted by Crippen LogP contribution is 2.15. The SMILES string of the molecule is COc1ccc(NC(=O)c2ccc[nH+]c2)cc1. The van der Waals surface area contributed by atoms with Gasteiger partial charge in [-0.15, -0.1) is 0 Å². The maximum atomic E-state index is 11.8. The van der Waals surface area contributed by atoms with Crippen LogP contribution in [0.4, 0.5) is 5.69 Å². The van der Waals surface area contributed by atoms with E-state index in [9.17, 15) is 4.79 Å². The molecule has 17 heavy (non-hydrogen) atoms. The summed E-state index contributed by atoms with van der Waals surface area (Å²) in [5.41, 5.74) is 1.32. The largest absolute Gasteiger partial charge is 0.497 e. The Morgan fingerprint density at radius 3 is 2.59 bits per heavy atom. The van der Waals surface area contributed by atoms with E-state index in [1.807, 2.05) is 0 Å². The zero-order valence-corrected chi connectivity index (χ0v) is 9.44. The number of ether oxygens (including phenoxy) is 1. The molecule has 1 aromatic heterocycles. The van der Waals surface area contributed by atoms with Crippen molar-refractivity contribution in [2.45, 2.75) is 0 Å². The number of hydrogen-bond acceptors (Lipinski definition) is 2. The van der Waals surface area contributed by atoms with Gasteiger partial charge in [0.15, 0.2) is 12.4 Å². The number of benzene rings is 1. The smallest absolute Gasteiger partial charge is 0.261 e. The lowest BCUT2D eigenvalue weighted by Crippen LogP contribution is -2.14. The zero-order chi connectivity index (χ0) is 12.1. The van der Waals surface area contributed by atoms with E-state index in [4.69, 9.17) is 4.74 Å². The summed E-state index contributed by atoms with van der Waals surface area (Å²) in [7, 11) is 1.60. The van der Waals surface area contributed by atoms with Crippen LogP contribution < -0.4 is 15.0 Å². The van der Waals surface area contributed by atoms with Crippen LogP contribution in [0.25, 0.3) is 0 Å². The molecule has 0 spiro atoms. The molecule has 4 heteroatoms. The Balaban J connectivity index is 2.08. The third-order valence-electron chi connectivity index (χ3n) is 2.32. The average Bonchev–Trinajstić information content (AvgIpc) is 2.40. The van der Waals surface area contributed by atoms with Gasteiger partial charge in [-0.2, -0.15) is 0 Å². The second kappa shape index (κ2) is 5.12. The van der Waals surface area contributed by atoms with E-state index in [1.54, 1.807) is 55.9 Å². The second-order valence-corrected chi connectivity index (χ2v) is 3.47. The zero-order valence-electron chi connectivity index (χ0n) is 9.44. The molecule has 0 aliphatic heterocycles. The van der Waals surface area contributed by atoms with Crippen molar-refractivity contribution in [3.8, 4) is 5.75 Å². The Kier molecular flexibility index (Phi) is 3.35. The number of aromatic nitrogens is 1. The topological polar surface area (TPSA) is 52.5 Å². The van der Waals surface area contributed by atoms with Gasteiger partial charge in [-0.25, -0.2) is 4.98 Å². The van der Waals surface area contributed by atoms with Crippen LogP contribution in [0.2, 0.25) is 0 Å². The number of carbonyl (C=O) groups excluding carboxylic acids is 1. The van der Waals surface area contributed by atoms with Gasteiger partial charge in [-0.05, 0) is 30.3 Å². The molecule has 1 amide bonds. The van der Waals surface area contributed by atoms with E-state index in [2.05, 4.69) is 10.3 Å². The first-order valence-corrected chi connectivity index (χ1v) is 5.21. The molecule has 2 rings (SSSR count). The summed E-state index contributed by atoms with van der Waals surface area (Å²) in [6, 6.07) is 10.7. The molecular formula is C13H13N2O2+. The number of methoxy groups -OCH3 is 1. The van der Waals surface area contributed by atoms with Gasteiger partial charge in [0.05, 0.1) is 7.11 Å². The summed E-state index contributed by atoms with van der Waals surface area (Å²) in [4.78, 5) is 14.7. The molecule has 86 valence electrons. The molecule has 0 fully saturated rings. The highest BCUT2D eigenvalue weighted by Gasteiger charge is 2.07. The maximum Gasteiger partial charge on any atom is 0.261 e. The molecule has 1 aromatic carbocycles. The van der Waals surface area contributed by atoms with Crippen molar-refractivity contribution in [3.05, 3.63) is 54.4 Å². The number of anilines is 1. The van der Waals surface area contributed by atoms with Crippen molar-refractivity contribution in [3.63, 3.8) is 0 Å². The van der Waals surface area contributed by atoms with Gasteiger partial charge in [0.2, 0.25) is 0 Å². The minimum Gasteiger partial charge on any atom is -0.497 e. The van der Waals surface area contributed by atoms with Gasteiger partial charge in [0.25, 0.3) is 5.91 Å². The Morgan fingerprint density at radius 1 is 1.24 bits per heavy atom. The number of carbonyl (C=O) groups is 1. The van der Waals surface area contributed by atoms with Crippen LogP contribution in [0.1, 0.15) is 10.4 Å². The summed E-state index contributed by atoms with van der Waals surface area (Å²) in [6.07, 6.45) is 3.41. The first-order chi connectivity index (χ1) is 8.29. The molecule has 0 unspecified atom stereocenters. The average molecular weight is 229 g/mol. The monoisotopic (exact) mass is 229 g/mol. The summed E-state index contributed by atoms with van der Waals surface area (Å²) >= 11 is 0. The van der Waals surface area contributed by atoms with E-state index in [0.717, 1.165) is 11.4 Å². The summed E-state index contributed by atoms with van der Waals surface area (Å²) in [5, 5.41) is 2.80. The number of amides is 1. The van der Waals surface area contributed by atoms with Gasteiger partial charge in [-0.1, -0.05) is 0 Å². The fourth-order valence-corrected chi connectivity index (χ4v) is 1.41. The van der Waals surface area contributed by atoms with Crippen molar-refractivity contribution < 1.29 is 14.5 Å². The number of hydrogen-bond donors (Lipinski definition) is 1. The number of H-pyrrole nitrogens is 1. The summed E-state index contributed by atoms with van der Waals surface area (Å²) in [6.45, 7) is 0. The molecule has 0 aliphatic rings. The molecule has 1 heterocycles. The van der Waals surface area contributed by atoms with Crippen LogP contribution in [0.15, 0.2) is 48.8 Å². The Bertz CT molecular complexity index is 495. The molecule has 0 bridgehead atoms. The number of nitrogens with one attached hydrogen (secondary N) is 2. The van der Waals surface area contributed by atoms with Gasteiger partial charge in [-0.3, -0.25) is 4.79 Å². The molecule has 0 saturated heterocycles. The Morgan fingerprint density at radius 2 is 2.00 bits per heavy atom. The Labute approximate surface area is 99.3 Å². The van der Waals surface area contributed by atoms with Gasteiger partial charge in [0, 0.05) is 11.8 Å². The lowest BCUT2D eigenvalue weighted by Gasteiger charge is -2.04. The number of aromatic amines is 1. The van der Waals surface area contributed by atoms with Crippen molar-refractivity contribution >= 4 is 11.6 Å². The van der Waals surface area contributed by atoms with Gasteiger partial charge < -0.3 is 10.1 Å². The highest BCUT2D eigenvalue weighted by molar-refractivity contribution is 6.03. The molecule has 0 atom stereocenters. The number of rotatable bonds is 3. The van der Waals surface area contributed by atoms with E-state index in [0.29, 0.717) is 5.56 Å². The minimum atomic E-state index is -0.146. The van der Waals surface area contributed by atoms with E-state index >= 15 is 0 Å². The molecule has 2 aromatic rings. The second-order valence-electron chi connectivity index (χ2n) is 3.47. The van der Waals surface area contributed by atoms with Gasteiger partial charge >= 0.3 is 0 Å². The maximum absolute atomic E-state index is 11.8. The van der Waals surface area contributed by atoms with E-state index in [1.165, 1.54) is 0 Å². The summed E-state index contributed by atoms with van der Waals surface area (Å²) in [5.74, 6) is 0.614. The lowest BCUT2D eigenvalue weighted by atomic mass is 10.2. The van der Waals surface area contributed by atoms with Crippen molar-refractivity contribution in [2.75, 3.05) is 12.4 Å². The van der Waals surface area contributed by atoms with Crippen LogP contribution in [0, 0.1) is 0 Å². The third kappa shape index (κ3) is 2.81. The number of pyridine rings is 1. The summed E-state index contributed by atoms with van der Waals surface area (Å²) < 4.78 is 5.04. The van der Waals surface area contributed by atoms with Crippen LogP contribution >= 0.6 is 0 Å². The van der Waals surface area contributed by atoms with Crippen LogP contribution in [-0.2, 0) is 0 Å². The normalized spacial score (nSPS) is 9.71. The van der Waals surface area contributed by atoms with Crippen molar-refractivity contribution in [1.82, 2.24) is 0 Å². The predicted molar refractivity (Wildman–Crippen MR) is 63.9 cm³/mol. The quantitative estimate of drug-likeness (QED) is 0.871. The minimum absolute atomic E-state index is 0.146. The standard InChI is InChI=1S/C13H12N2O2/c1-17-12-6-4-11(5-7-12)15-13(16)10-3-2-8-14-9-10/h2-9H,1H3,(H,15,16)/p+1. The highest BCUT2D eigenvalue weighted by atomic mass is 16.5. The third-order valence-corrected chi connectivity index (χ3v) is 2.32. The first-order valence-electron chi connectivity index (χ1n) is 5.21. The lowest BCUT2D eigenvalue weighted by molar-refractivity contribution is -0.378. The predicted octanol–water partition coefficient (Wildman–Crippen LogP) is 1.76. The Hall–Kier alpha value is -2.36. The van der Waals surface area contributed by atoms with Crippen LogP contribution in [-0.4, -0.2) is 13.0 Å². The molecule has 0 radical (unpaired) electrons. The molecular weight excluding hydrogens is 216 g/mol.